The van der Waals surface area contributed by atoms with Gasteiger partial charge < -0.3 is 10.2 Å². The molecule has 0 atom stereocenters. The van der Waals surface area contributed by atoms with E-state index in [1.54, 1.807) is 16.5 Å². The van der Waals surface area contributed by atoms with Crippen LogP contribution < -0.4 is 5.32 Å². The normalized spacial score (nSPS) is 13.9. The number of nitrogens with one attached hydrogen (secondary N) is 1. The van der Waals surface area contributed by atoms with Crippen molar-refractivity contribution in [1.82, 2.24) is 20.0 Å². The van der Waals surface area contributed by atoms with Gasteiger partial charge in [0.05, 0.1) is 24.3 Å². The Hall–Kier alpha value is -2.34. The molecule has 0 saturated carbocycles. The van der Waals surface area contributed by atoms with E-state index in [1.165, 1.54) is 5.56 Å². The molecule has 1 fully saturated rings. The molecule has 2 heterocycles. The smallest absolute Gasteiger partial charge is 0.256 e. The van der Waals surface area contributed by atoms with E-state index >= 15 is 0 Å². The van der Waals surface area contributed by atoms with Crippen molar-refractivity contribution in [3.63, 3.8) is 0 Å². The molecular weight excluding hydrogens is 352 g/mol. The Bertz CT molecular complexity index is 808. The van der Waals surface area contributed by atoms with E-state index in [0.717, 1.165) is 31.5 Å². The first-order valence-corrected chi connectivity index (χ1v) is 9.18. The van der Waals surface area contributed by atoms with Crippen LogP contribution in [0.1, 0.15) is 40.0 Å². The zero-order chi connectivity index (χ0) is 18.7. The third kappa shape index (κ3) is 4.07. The molecule has 3 rings (SSSR count). The molecule has 6 nitrogen and oxygen atoms in total. The summed E-state index contributed by atoms with van der Waals surface area (Å²) in [4.78, 5) is 26.4. The van der Waals surface area contributed by atoms with Crippen LogP contribution in [0.4, 0.5) is 0 Å². The molecule has 2 aromatic rings. The van der Waals surface area contributed by atoms with E-state index in [4.69, 9.17) is 11.6 Å². The maximum Gasteiger partial charge on any atom is 0.256 e. The van der Waals surface area contributed by atoms with Crippen molar-refractivity contribution in [2.45, 2.75) is 33.2 Å². The summed E-state index contributed by atoms with van der Waals surface area (Å²) in [5.74, 6) is -0.424. The van der Waals surface area contributed by atoms with Crippen molar-refractivity contribution in [2.24, 2.45) is 0 Å². The van der Waals surface area contributed by atoms with Crippen molar-refractivity contribution in [3.8, 4) is 0 Å². The average molecular weight is 375 g/mol. The number of halogens is 1. The predicted octanol–water partition coefficient (Wildman–Crippen LogP) is 2.55. The Morgan fingerprint density at radius 3 is 2.46 bits per heavy atom. The van der Waals surface area contributed by atoms with E-state index in [2.05, 4.69) is 10.4 Å². The monoisotopic (exact) mass is 374 g/mol. The first-order valence-electron chi connectivity index (χ1n) is 8.80. The summed E-state index contributed by atoms with van der Waals surface area (Å²) in [5, 5.41) is 7.34. The maximum absolute atomic E-state index is 12.5. The van der Waals surface area contributed by atoms with Crippen molar-refractivity contribution in [3.05, 3.63) is 51.8 Å². The maximum atomic E-state index is 12.5. The molecule has 0 spiro atoms. The van der Waals surface area contributed by atoms with Crippen LogP contribution in [0, 0.1) is 13.8 Å². The lowest BCUT2D eigenvalue weighted by atomic mass is 10.1. The average Bonchev–Trinajstić information content (AvgIpc) is 3.24. The van der Waals surface area contributed by atoms with E-state index in [9.17, 15) is 9.59 Å². The van der Waals surface area contributed by atoms with Gasteiger partial charge in [-0.05, 0) is 32.3 Å². The molecule has 1 aromatic heterocycles. The molecule has 0 bridgehead atoms. The Morgan fingerprint density at radius 1 is 1.15 bits per heavy atom. The summed E-state index contributed by atoms with van der Waals surface area (Å²) in [6.45, 7) is 5.78. The highest BCUT2D eigenvalue weighted by Gasteiger charge is 2.23. The number of aromatic nitrogens is 2. The molecule has 2 amide bonds. The van der Waals surface area contributed by atoms with Gasteiger partial charge in [0, 0.05) is 13.1 Å². The fourth-order valence-electron chi connectivity index (χ4n) is 3.11. The summed E-state index contributed by atoms with van der Waals surface area (Å²) >= 11 is 6.39. The van der Waals surface area contributed by atoms with Crippen molar-refractivity contribution in [2.75, 3.05) is 19.6 Å². The largest absolute Gasteiger partial charge is 0.343 e. The number of benzene rings is 1. The molecule has 138 valence electrons. The molecule has 26 heavy (non-hydrogen) atoms. The number of carbonyl (C=O) groups excluding carboxylic acids is 2. The molecule has 0 radical (unpaired) electrons. The molecule has 1 saturated heterocycles. The highest BCUT2D eigenvalue weighted by molar-refractivity contribution is 6.33. The number of carbonyl (C=O) groups is 2. The van der Waals surface area contributed by atoms with E-state index in [0.29, 0.717) is 17.8 Å². The van der Waals surface area contributed by atoms with Gasteiger partial charge in [-0.15, -0.1) is 0 Å². The van der Waals surface area contributed by atoms with Crippen LogP contribution in [0.3, 0.4) is 0 Å². The summed E-state index contributed by atoms with van der Waals surface area (Å²) in [6.07, 6.45) is 2.05. The minimum atomic E-state index is -0.366. The van der Waals surface area contributed by atoms with Gasteiger partial charge in [-0.3, -0.25) is 9.59 Å². The van der Waals surface area contributed by atoms with Gasteiger partial charge in [-0.1, -0.05) is 41.4 Å². The van der Waals surface area contributed by atoms with Gasteiger partial charge in [0.25, 0.3) is 5.91 Å². The van der Waals surface area contributed by atoms with Gasteiger partial charge in [0.1, 0.15) is 5.15 Å². The number of nitrogens with zero attached hydrogens (tertiary/aromatic N) is 3. The minimum Gasteiger partial charge on any atom is -0.343 e. The highest BCUT2D eigenvalue weighted by Crippen LogP contribution is 2.21. The second kappa shape index (κ2) is 7.91. The topological polar surface area (TPSA) is 67.2 Å². The van der Waals surface area contributed by atoms with Gasteiger partial charge in [0.2, 0.25) is 5.91 Å². The van der Waals surface area contributed by atoms with Crippen LogP contribution in [0.5, 0.6) is 0 Å². The molecule has 7 heteroatoms. The van der Waals surface area contributed by atoms with Gasteiger partial charge >= 0.3 is 0 Å². The molecule has 0 aliphatic carbocycles. The Balaban J connectivity index is 1.67. The molecule has 0 unspecified atom stereocenters. The summed E-state index contributed by atoms with van der Waals surface area (Å²) < 4.78 is 1.61. The standard InChI is InChI=1S/C19H23ClN4O2/c1-13-5-7-15(8-6-13)12-24-18(20)17(14(2)22-24)19(26)21-11-16(25)23-9-3-4-10-23/h5-8H,3-4,9-12H2,1-2H3,(H,21,26). The van der Waals surface area contributed by atoms with Crippen molar-refractivity contribution in [1.29, 1.82) is 0 Å². The highest BCUT2D eigenvalue weighted by atomic mass is 35.5. The SMILES string of the molecule is Cc1ccc(Cn2nc(C)c(C(=O)NCC(=O)N3CCCC3)c2Cl)cc1. The zero-order valence-corrected chi connectivity index (χ0v) is 15.8. The van der Waals surface area contributed by atoms with Crippen LogP contribution in [0.2, 0.25) is 5.15 Å². The number of rotatable bonds is 5. The van der Waals surface area contributed by atoms with Crippen LogP contribution in [0.25, 0.3) is 0 Å². The van der Waals surface area contributed by atoms with Crippen molar-refractivity contribution < 1.29 is 9.59 Å². The Morgan fingerprint density at radius 2 is 1.81 bits per heavy atom. The quantitative estimate of drug-likeness (QED) is 0.874. The number of likely N-dealkylation sites (tertiary alicyclic amines) is 1. The summed E-state index contributed by atoms with van der Waals surface area (Å²) in [5.41, 5.74) is 3.11. The zero-order valence-electron chi connectivity index (χ0n) is 15.1. The molecular formula is C19H23ClN4O2. The Labute approximate surface area is 158 Å². The lowest BCUT2D eigenvalue weighted by Crippen LogP contribution is -2.38. The van der Waals surface area contributed by atoms with Gasteiger partial charge in [-0.25, -0.2) is 4.68 Å². The number of amides is 2. The Kier molecular flexibility index (Phi) is 5.61. The molecule has 1 N–H and O–H groups in total. The lowest BCUT2D eigenvalue weighted by Gasteiger charge is -2.15. The van der Waals surface area contributed by atoms with Gasteiger partial charge in [-0.2, -0.15) is 5.10 Å². The fraction of sp³-hybridized carbons (Fsp3) is 0.421. The molecule has 1 aromatic carbocycles. The third-order valence-corrected chi connectivity index (χ3v) is 4.99. The van der Waals surface area contributed by atoms with Crippen molar-refractivity contribution >= 4 is 23.4 Å². The molecule has 1 aliphatic rings. The van der Waals surface area contributed by atoms with Crippen LogP contribution in [-0.4, -0.2) is 46.1 Å². The van der Waals surface area contributed by atoms with Crippen LogP contribution in [0.15, 0.2) is 24.3 Å². The molecule has 1 aliphatic heterocycles. The number of hydrogen-bond acceptors (Lipinski definition) is 3. The lowest BCUT2D eigenvalue weighted by molar-refractivity contribution is -0.129. The van der Waals surface area contributed by atoms with Crippen LogP contribution >= 0.6 is 11.6 Å². The number of aryl methyl sites for hydroxylation is 2. The summed E-state index contributed by atoms with van der Waals surface area (Å²) in [6, 6.07) is 8.07. The van der Waals surface area contributed by atoms with Crippen LogP contribution in [-0.2, 0) is 11.3 Å². The predicted molar refractivity (Wildman–Crippen MR) is 100 cm³/mol. The third-order valence-electron chi connectivity index (χ3n) is 4.60. The second-order valence-corrected chi connectivity index (χ2v) is 7.02. The number of hydrogen-bond donors (Lipinski definition) is 1. The first-order chi connectivity index (χ1) is 12.5. The summed E-state index contributed by atoms with van der Waals surface area (Å²) in [7, 11) is 0. The van der Waals surface area contributed by atoms with E-state index in [1.807, 2.05) is 31.2 Å². The minimum absolute atomic E-state index is 0.0161. The van der Waals surface area contributed by atoms with Gasteiger partial charge in [0.15, 0.2) is 0 Å². The van der Waals surface area contributed by atoms with E-state index in [-0.39, 0.29) is 23.5 Å². The fourth-order valence-corrected chi connectivity index (χ4v) is 3.43. The second-order valence-electron chi connectivity index (χ2n) is 6.67. The van der Waals surface area contributed by atoms with E-state index < -0.39 is 0 Å². The first kappa shape index (κ1) is 18.5.